The number of hydrogen-bond acceptors (Lipinski definition) is 4. The smallest absolute Gasteiger partial charge is 0.119 e. The number of nitrogens with one attached hydrogen (secondary N) is 1. The SMILES string of the molecule is COCCOCCOc1cccc(CNC(C)C)c1. The van der Waals surface area contributed by atoms with Crippen LogP contribution in [0.15, 0.2) is 24.3 Å². The molecule has 0 spiro atoms. The zero-order valence-electron chi connectivity index (χ0n) is 12.1. The van der Waals surface area contributed by atoms with Crippen LogP contribution in [0.1, 0.15) is 19.4 Å². The van der Waals surface area contributed by atoms with E-state index in [1.807, 2.05) is 12.1 Å². The summed E-state index contributed by atoms with van der Waals surface area (Å²) < 4.78 is 15.9. The molecule has 1 N–H and O–H groups in total. The Hall–Kier alpha value is -1.10. The minimum absolute atomic E-state index is 0.485. The lowest BCUT2D eigenvalue weighted by molar-refractivity contribution is 0.0544. The predicted octanol–water partition coefficient (Wildman–Crippen LogP) is 2.23. The molecule has 4 nitrogen and oxygen atoms in total. The monoisotopic (exact) mass is 267 g/mol. The lowest BCUT2D eigenvalue weighted by Crippen LogP contribution is -2.21. The topological polar surface area (TPSA) is 39.7 Å². The molecule has 0 saturated heterocycles. The van der Waals surface area contributed by atoms with Gasteiger partial charge in [0.05, 0.1) is 19.8 Å². The van der Waals surface area contributed by atoms with Crippen molar-refractivity contribution >= 4 is 0 Å². The molecule has 108 valence electrons. The van der Waals surface area contributed by atoms with Crippen molar-refractivity contribution in [2.45, 2.75) is 26.4 Å². The highest BCUT2D eigenvalue weighted by atomic mass is 16.5. The molecule has 0 heterocycles. The van der Waals surface area contributed by atoms with Crippen LogP contribution < -0.4 is 10.1 Å². The van der Waals surface area contributed by atoms with Crippen molar-refractivity contribution in [2.24, 2.45) is 0 Å². The maximum atomic E-state index is 5.64. The number of rotatable bonds is 10. The molecule has 0 radical (unpaired) electrons. The van der Waals surface area contributed by atoms with Crippen LogP contribution in [0.2, 0.25) is 0 Å². The first-order valence-electron chi connectivity index (χ1n) is 6.74. The zero-order valence-corrected chi connectivity index (χ0v) is 12.1. The molecule has 0 unspecified atom stereocenters. The Morgan fingerprint density at radius 2 is 1.89 bits per heavy atom. The summed E-state index contributed by atoms with van der Waals surface area (Å²) in [5.74, 6) is 0.887. The van der Waals surface area contributed by atoms with Gasteiger partial charge in [-0.05, 0) is 17.7 Å². The maximum Gasteiger partial charge on any atom is 0.119 e. The van der Waals surface area contributed by atoms with Gasteiger partial charge in [-0.2, -0.15) is 0 Å². The van der Waals surface area contributed by atoms with Gasteiger partial charge in [0.15, 0.2) is 0 Å². The average Bonchev–Trinajstić information content (AvgIpc) is 2.41. The molecule has 0 aliphatic heterocycles. The van der Waals surface area contributed by atoms with Crippen LogP contribution in [0.4, 0.5) is 0 Å². The Morgan fingerprint density at radius 1 is 1.11 bits per heavy atom. The summed E-state index contributed by atoms with van der Waals surface area (Å²) in [6.45, 7) is 7.51. The number of hydrogen-bond donors (Lipinski definition) is 1. The van der Waals surface area contributed by atoms with Crippen LogP contribution >= 0.6 is 0 Å². The Kier molecular flexibility index (Phi) is 8.21. The average molecular weight is 267 g/mol. The predicted molar refractivity (Wildman–Crippen MR) is 76.6 cm³/mol. The third-order valence-electron chi connectivity index (χ3n) is 2.54. The van der Waals surface area contributed by atoms with Crippen molar-refractivity contribution in [3.05, 3.63) is 29.8 Å². The van der Waals surface area contributed by atoms with Crippen LogP contribution in [0.3, 0.4) is 0 Å². The van der Waals surface area contributed by atoms with Crippen molar-refractivity contribution < 1.29 is 14.2 Å². The second kappa shape index (κ2) is 9.78. The summed E-state index contributed by atoms with van der Waals surface area (Å²) in [7, 11) is 1.66. The van der Waals surface area contributed by atoms with E-state index in [4.69, 9.17) is 14.2 Å². The molecule has 0 amide bonds. The second-order valence-corrected chi connectivity index (χ2v) is 4.64. The molecule has 0 aromatic heterocycles. The van der Waals surface area contributed by atoms with E-state index in [0.29, 0.717) is 32.5 Å². The van der Waals surface area contributed by atoms with Crippen molar-refractivity contribution in [3.8, 4) is 5.75 Å². The van der Waals surface area contributed by atoms with Gasteiger partial charge in [-0.25, -0.2) is 0 Å². The molecule has 4 heteroatoms. The van der Waals surface area contributed by atoms with E-state index in [2.05, 4.69) is 31.3 Å². The van der Waals surface area contributed by atoms with Gasteiger partial charge in [-0.15, -0.1) is 0 Å². The first kappa shape index (κ1) is 16.0. The van der Waals surface area contributed by atoms with E-state index in [-0.39, 0.29) is 0 Å². The van der Waals surface area contributed by atoms with Crippen molar-refractivity contribution in [1.82, 2.24) is 5.32 Å². The minimum atomic E-state index is 0.485. The molecule has 0 saturated carbocycles. The number of benzene rings is 1. The Bertz CT molecular complexity index is 342. The summed E-state index contributed by atoms with van der Waals surface area (Å²) in [5.41, 5.74) is 1.23. The third-order valence-corrected chi connectivity index (χ3v) is 2.54. The van der Waals surface area contributed by atoms with E-state index in [1.165, 1.54) is 5.56 Å². The largest absolute Gasteiger partial charge is 0.491 e. The Morgan fingerprint density at radius 3 is 2.63 bits per heavy atom. The van der Waals surface area contributed by atoms with E-state index in [9.17, 15) is 0 Å². The molecular formula is C15H25NO3. The first-order valence-corrected chi connectivity index (χ1v) is 6.74. The summed E-state index contributed by atoms with van der Waals surface area (Å²) in [6.07, 6.45) is 0. The molecule has 1 aromatic carbocycles. The quantitative estimate of drug-likeness (QED) is 0.660. The van der Waals surface area contributed by atoms with E-state index >= 15 is 0 Å². The molecule has 1 rings (SSSR count). The van der Waals surface area contributed by atoms with E-state index < -0.39 is 0 Å². The molecule has 19 heavy (non-hydrogen) atoms. The normalized spacial score (nSPS) is 10.9. The summed E-state index contributed by atoms with van der Waals surface area (Å²) >= 11 is 0. The van der Waals surface area contributed by atoms with Crippen LogP contribution in [0, 0.1) is 0 Å². The summed E-state index contributed by atoms with van der Waals surface area (Å²) in [4.78, 5) is 0. The highest BCUT2D eigenvalue weighted by Crippen LogP contribution is 2.13. The summed E-state index contributed by atoms with van der Waals surface area (Å²) in [6, 6.07) is 8.62. The van der Waals surface area contributed by atoms with Crippen molar-refractivity contribution in [3.63, 3.8) is 0 Å². The van der Waals surface area contributed by atoms with E-state index in [1.54, 1.807) is 7.11 Å². The third kappa shape index (κ3) is 7.82. The highest BCUT2D eigenvalue weighted by Gasteiger charge is 1.98. The number of methoxy groups -OCH3 is 1. The van der Waals surface area contributed by atoms with Gasteiger partial charge in [-0.1, -0.05) is 26.0 Å². The highest BCUT2D eigenvalue weighted by molar-refractivity contribution is 5.28. The van der Waals surface area contributed by atoms with Crippen molar-refractivity contribution in [2.75, 3.05) is 33.5 Å². The van der Waals surface area contributed by atoms with Gasteiger partial charge in [0.25, 0.3) is 0 Å². The molecular weight excluding hydrogens is 242 g/mol. The molecule has 0 aliphatic rings. The lowest BCUT2D eigenvalue weighted by atomic mass is 10.2. The van der Waals surface area contributed by atoms with Gasteiger partial charge >= 0.3 is 0 Å². The van der Waals surface area contributed by atoms with Gasteiger partial charge in [0, 0.05) is 19.7 Å². The fourth-order valence-electron chi connectivity index (χ4n) is 1.53. The molecule has 1 aromatic rings. The number of ether oxygens (including phenoxy) is 3. The first-order chi connectivity index (χ1) is 9.22. The minimum Gasteiger partial charge on any atom is -0.491 e. The zero-order chi connectivity index (χ0) is 13.9. The van der Waals surface area contributed by atoms with Gasteiger partial charge in [0.1, 0.15) is 12.4 Å². The molecule has 0 aliphatic carbocycles. The summed E-state index contributed by atoms with van der Waals surface area (Å²) in [5, 5.41) is 3.39. The van der Waals surface area contributed by atoms with E-state index in [0.717, 1.165) is 12.3 Å². The van der Waals surface area contributed by atoms with Crippen molar-refractivity contribution in [1.29, 1.82) is 0 Å². The molecule has 0 fully saturated rings. The van der Waals surface area contributed by atoms with Crippen LogP contribution in [0.25, 0.3) is 0 Å². The van der Waals surface area contributed by atoms with Gasteiger partial charge in [-0.3, -0.25) is 0 Å². The molecule has 0 bridgehead atoms. The second-order valence-electron chi connectivity index (χ2n) is 4.64. The lowest BCUT2D eigenvalue weighted by Gasteiger charge is -2.10. The Labute approximate surface area is 116 Å². The van der Waals surface area contributed by atoms with Crippen LogP contribution in [-0.4, -0.2) is 39.6 Å². The Balaban J connectivity index is 2.24. The van der Waals surface area contributed by atoms with Crippen LogP contribution in [-0.2, 0) is 16.0 Å². The van der Waals surface area contributed by atoms with Gasteiger partial charge < -0.3 is 19.5 Å². The van der Waals surface area contributed by atoms with Gasteiger partial charge in [0.2, 0.25) is 0 Å². The maximum absolute atomic E-state index is 5.64. The fourth-order valence-corrected chi connectivity index (χ4v) is 1.53. The fraction of sp³-hybridized carbons (Fsp3) is 0.600. The van der Waals surface area contributed by atoms with Crippen LogP contribution in [0.5, 0.6) is 5.75 Å². The standard InChI is InChI=1S/C15H25NO3/c1-13(2)16-12-14-5-4-6-15(11-14)19-10-9-18-8-7-17-3/h4-6,11,13,16H,7-10,12H2,1-3H3. The molecule has 0 atom stereocenters.